The number of nitrogens with zero attached hydrogens (tertiary/aromatic N) is 8. The van der Waals surface area contributed by atoms with E-state index in [2.05, 4.69) is 30.6 Å². The molecule has 0 aliphatic carbocycles. The molecule has 2 aromatic carbocycles. The van der Waals surface area contributed by atoms with Crippen LogP contribution in [0.1, 0.15) is 133 Å². The number of fused-ring (bicyclic) bond motifs is 6. The summed E-state index contributed by atoms with van der Waals surface area (Å²) in [5.74, 6) is -5.19. The molecular formula is C58H56F10N10O6. The van der Waals surface area contributed by atoms with E-state index in [-0.39, 0.29) is 60.3 Å². The quantitative estimate of drug-likeness (QED) is 0.139. The fourth-order valence-electron chi connectivity index (χ4n) is 13.0. The Labute approximate surface area is 474 Å². The van der Waals surface area contributed by atoms with E-state index in [1.807, 2.05) is 12.1 Å². The highest BCUT2D eigenvalue weighted by molar-refractivity contribution is 5.88. The van der Waals surface area contributed by atoms with Crippen LogP contribution >= 0.6 is 0 Å². The van der Waals surface area contributed by atoms with Crippen LogP contribution in [-0.4, -0.2) is 101 Å². The van der Waals surface area contributed by atoms with Crippen molar-refractivity contribution in [3.63, 3.8) is 0 Å². The van der Waals surface area contributed by atoms with Crippen LogP contribution in [-0.2, 0) is 56.2 Å². The summed E-state index contributed by atoms with van der Waals surface area (Å²) in [6.45, 7) is 1.20. The van der Waals surface area contributed by atoms with Crippen LogP contribution in [0.5, 0.6) is 0 Å². The van der Waals surface area contributed by atoms with Crippen LogP contribution in [0.3, 0.4) is 0 Å². The molecular weight excluding hydrogens is 1120 g/mol. The number of anilines is 2. The first-order valence-electron chi connectivity index (χ1n) is 27.6. The standard InChI is InChI=1S/2C29H28F5N5O3/c2*30-22-5-1-3-20(24(22)31)18-7-6-17(26-36-15-19(39(26)16-18)14-29(32,33)34)13-23(40)38-11-8-28(9-12-38)21-4-2-10-35-25(21)37-27(41)42-28/h2*1-5,10,15,17-18H,6-9,11-14,16H2,(H,35,37,41)/t2*17-,18+/m10/s1. The molecule has 4 amide bonds. The van der Waals surface area contributed by atoms with Crippen LogP contribution in [0.2, 0.25) is 0 Å². The van der Waals surface area contributed by atoms with Gasteiger partial charge in [0.2, 0.25) is 11.8 Å². The van der Waals surface area contributed by atoms with Gasteiger partial charge in [-0.2, -0.15) is 26.3 Å². The highest BCUT2D eigenvalue weighted by Gasteiger charge is 2.48. The van der Waals surface area contributed by atoms with Gasteiger partial charge in [0.25, 0.3) is 0 Å². The van der Waals surface area contributed by atoms with Gasteiger partial charge in [0.15, 0.2) is 23.3 Å². The molecule has 0 bridgehead atoms. The highest BCUT2D eigenvalue weighted by Crippen LogP contribution is 2.46. The summed E-state index contributed by atoms with van der Waals surface area (Å²) < 4.78 is 152. The third-order valence-electron chi connectivity index (χ3n) is 17.1. The number of benzene rings is 2. The second-order valence-electron chi connectivity index (χ2n) is 22.2. The average Bonchev–Trinajstić information content (AvgIpc) is 3.00. The van der Waals surface area contributed by atoms with Gasteiger partial charge in [0.05, 0.1) is 12.8 Å². The number of aromatic nitrogens is 6. The SMILES string of the molecule is O=C1Nc2ncccc2C2(CCN(C(=O)C[C@@H]3CC[C@@H](c4cccc(F)c4F)Cn4c(CC(F)(F)F)cnc43)CC2)O1.O=C1Nc2ncccc2C2(CCN(C(=O)C[C@H]3CC[C@H](c4cccc(F)c4F)Cn4c(CC(F)(F)F)cnc43)CC2)O1. The number of amides is 4. The maximum Gasteiger partial charge on any atom is 0.413 e. The number of hydrogen-bond donors (Lipinski definition) is 2. The number of imidazole rings is 2. The number of carbonyl (C=O) groups is 4. The van der Waals surface area contributed by atoms with Crippen LogP contribution in [0, 0.1) is 23.3 Å². The van der Waals surface area contributed by atoms with Gasteiger partial charge in [-0.25, -0.2) is 47.1 Å². The third-order valence-corrected chi connectivity index (χ3v) is 17.1. The highest BCUT2D eigenvalue weighted by atomic mass is 19.4. The maximum absolute atomic E-state index is 14.7. The van der Waals surface area contributed by atoms with Gasteiger partial charge in [0.1, 0.15) is 34.5 Å². The molecule has 2 N–H and O–H groups in total. The molecule has 0 radical (unpaired) electrons. The second kappa shape index (κ2) is 22.8. The van der Waals surface area contributed by atoms with Crippen LogP contribution in [0.15, 0.2) is 85.5 Å². The second-order valence-corrected chi connectivity index (χ2v) is 22.2. The number of ether oxygens (including phenoxy) is 2. The summed E-state index contributed by atoms with van der Waals surface area (Å²) in [7, 11) is 0. The number of carbonyl (C=O) groups excluding carboxylic acids is 4. The lowest BCUT2D eigenvalue weighted by atomic mass is 9.83. The van der Waals surface area contributed by atoms with E-state index >= 15 is 0 Å². The van der Waals surface area contributed by atoms with Gasteiger partial charge in [-0.15, -0.1) is 0 Å². The number of rotatable bonds is 8. The monoisotopic (exact) mass is 1180 g/mol. The van der Waals surface area contributed by atoms with E-state index < -0.39 is 95.5 Å². The molecule has 16 nitrogen and oxygen atoms in total. The summed E-state index contributed by atoms with van der Waals surface area (Å²) in [6, 6.07) is 14.8. The normalized spacial score (nSPS) is 21.6. The predicted octanol–water partition coefficient (Wildman–Crippen LogP) is 11.6. The molecule has 12 rings (SSSR count). The zero-order chi connectivity index (χ0) is 59.3. The number of alkyl halides is 6. The van der Waals surface area contributed by atoms with E-state index in [4.69, 9.17) is 9.47 Å². The molecule has 6 aliphatic heterocycles. The van der Waals surface area contributed by atoms with Crippen LogP contribution < -0.4 is 10.6 Å². The zero-order valence-electron chi connectivity index (χ0n) is 44.9. The van der Waals surface area contributed by atoms with Crippen molar-refractivity contribution < 1.29 is 72.6 Å². The lowest BCUT2D eigenvalue weighted by molar-refractivity contribution is -0.137. The Bertz CT molecular complexity index is 3260. The van der Waals surface area contributed by atoms with Crippen molar-refractivity contribution in [1.82, 2.24) is 38.9 Å². The van der Waals surface area contributed by atoms with E-state index in [9.17, 15) is 63.1 Å². The molecule has 2 fully saturated rings. The molecule has 84 heavy (non-hydrogen) atoms. The largest absolute Gasteiger partial charge is 0.437 e. The zero-order valence-corrected chi connectivity index (χ0v) is 44.9. The minimum atomic E-state index is -4.50. The van der Waals surface area contributed by atoms with Gasteiger partial charge in [-0.3, -0.25) is 20.2 Å². The molecule has 444 valence electrons. The number of piperidine rings is 2. The Balaban J connectivity index is 0.000000175. The number of hydrogen-bond acceptors (Lipinski definition) is 10. The fourth-order valence-corrected chi connectivity index (χ4v) is 13.0. The topological polar surface area (TPSA) is 179 Å². The molecule has 6 aromatic rings. The minimum Gasteiger partial charge on any atom is -0.437 e. The van der Waals surface area contributed by atoms with Crippen LogP contribution in [0.4, 0.5) is 65.1 Å². The molecule has 2 saturated heterocycles. The molecule has 6 aliphatic rings. The Morgan fingerprint density at radius 3 is 1.32 bits per heavy atom. The number of likely N-dealkylation sites (tertiary alicyclic amines) is 2. The number of nitrogens with one attached hydrogen (secondary N) is 2. The first-order valence-corrected chi connectivity index (χ1v) is 27.6. The van der Waals surface area contributed by atoms with Gasteiger partial charge in [0, 0.05) is 149 Å². The van der Waals surface area contributed by atoms with E-state index in [0.29, 0.717) is 101 Å². The van der Waals surface area contributed by atoms with Gasteiger partial charge in [-0.1, -0.05) is 24.3 Å². The minimum absolute atomic E-state index is 0.00664. The summed E-state index contributed by atoms with van der Waals surface area (Å²) in [5, 5.41) is 5.19. The van der Waals surface area contributed by atoms with Crippen LogP contribution in [0.25, 0.3) is 0 Å². The summed E-state index contributed by atoms with van der Waals surface area (Å²) >= 11 is 0. The Kier molecular flexibility index (Phi) is 15.7. The number of halogens is 10. The lowest BCUT2D eigenvalue weighted by Crippen LogP contribution is -2.50. The van der Waals surface area contributed by atoms with Crippen molar-refractivity contribution in [3.05, 3.63) is 154 Å². The molecule has 2 spiro atoms. The predicted molar refractivity (Wildman–Crippen MR) is 279 cm³/mol. The summed E-state index contributed by atoms with van der Waals surface area (Å²) in [5.41, 5.74) is -0.311. The third kappa shape index (κ3) is 11.9. The fraction of sp³-hybridized carbons (Fsp3) is 0.448. The molecule has 26 heteroatoms. The Morgan fingerprint density at radius 1 is 0.548 bits per heavy atom. The van der Waals surface area contributed by atoms with Crippen molar-refractivity contribution >= 4 is 35.6 Å². The summed E-state index contributed by atoms with van der Waals surface area (Å²) in [4.78, 5) is 71.8. The van der Waals surface area contributed by atoms with E-state index in [1.54, 1.807) is 34.3 Å². The van der Waals surface area contributed by atoms with Crippen molar-refractivity contribution in [2.75, 3.05) is 36.8 Å². The molecule has 10 heterocycles. The average molecular weight is 1180 g/mol. The maximum atomic E-state index is 14.7. The van der Waals surface area contributed by atoms with Crippen molar-refractivity contribution in [2.45, 2.75) is 137 Å². The molecule has 0 saturated carbocycles. The van der Waals surface area contributed by atoms with E-state index in [1.165, 1.54) is 33.4 Å². The van der Waals surface area contributed by atoms with Crippen molar-refractivity contribution in [3.8, 4) is 0 Å². The number of pyridine rings is 2. The first kappa shape index (κ1) is 57.7. The van der Waals surface area contributed by atoms with Gasteiger partial charge < -0.3 is 28.4 Å². The molecule has 4 aromatic heterocycles. The Hall–Kier alpha value is -8.06. The van der Waals surface area contributed by atoms with Gasteiger partial charge >= 0.3 is 24.5 Å². The van der Waals surface area contributed by atoms with E-state index in [0.717, 1.165) is 35.7 Å². The smallest absolute Gasteiger partial charge is 0.413 e. The molecule has 0 unspecified atom stereocenters. The Morgan fingerprint density at radius 2 is 0.940 bits per heavy atom. The molecule has 4 atom stereocenters. The lowest BCUT2D eigenvalue weighted by Gasteiger charge is -2.43. The van der Waals surface area contributed by atoms with Crippen molar-refractivity contribution in [1.29, 1.82) is 0 Å². The van der Waals surface area contributed by atoms with Crippen molar-refractivity contribution in [2.24, 2.45) is 0 Å². The summed E-state index contributed by atoms with van der Waals surface area (Å²) in [6.07, 6.45) is -4.38. The van der Waals surface area contributed by atoms with Gasteiger partial charge in [-0.05, 0) is 73.2 Å². The first-order chi connectivity index (χ1) is 40.1.